The third-order valence-corrected chi connectivity index (χ3v) is 8.67. The van der Waals surface area contributed by atoms with E-state index in [9.17, 15) is 4.79 Å². The first-order valence-corrected chi connectivity index (χ1v) is 17.1. The Morgan fingerprint density at radius 3 is 1.42 bits per heavy atom. The van der Waals surface area contributed by atoms with Crippen LogP contribution in [-0.2, 0) is 35.7 Å². The van der Waals surface area contributed by atoms with Crippen molar-refractivity contribution in [3.8, 4) is 5.75 Å². The van der Waals surface area contributed by atoms with Gasteiger partial charge in [-0.2, -0.15) is 0 Å². The summed E-state index contributed by atoms with van der Waals surface area (Å²) >= 11 is 0. The molecule has 5 aromatic carbocycles. The van der Waals surface area contributed by atoms with Crippen LogP contribution in [0.4, 0.5) is 0 Å². The van der Waals surface area contributed by atoms with Crippen molar-refractivity contribution in [1.29, 1.82) is 0 Å². The average Bonchev–Trinajstić information content (AvgIpc) is 3.13. The third kappa shape index (κ3) is 10.4. The molecule has 0 aliphatic carbocycles. The van der Waals surface area contributed by atoms with Crippen LogP contribution < -0.4 is 4.74 Å². The molecule has 0 radical (unpaired) electrons. The summed E-state index contributed by atoms with van der Waals surface area (Å²) in [6.45, 7) is 5.95. The van der Waals surface area contributed by atoms with Gasteiger partial charge in [-0.25, -0.2) is 4.79 Å². The number of esters is 1. The Morgan fingerprint density at radius 1 is 0.562 bits per heavy atom. The van der Waals surface area contributed by atoms with Gasteiger partial charge >= 0.3 is 5.97 Å². The zero-order chi connectivity index (χ0) is 33.3. The van der Waals surface area contributed by atoms with Gasteiger partial charge in [0, 0.05) is 32.7 Å². The molecule has 0 amide bonds. The van der Waals surface area contributed by atoms with Crippen LogP contribution in [0, 0.1) is 0 Å². The molecule has 1 atom stereocenters. The van der Waals surface area contributed by atoms with Crippen molar-refractivity contribution in [3.63, 3.8) is 0 Å². The molecule has 5 aromatic rings. The Bertz CT molecular complexity index is 1520. The van der Waals surface area contributed by atoms with E-state index in [1.807, 2.05) is 61.5 Å². The van der Waals surface area contributed by atoms with Crippen LogP contribution in [0.2, 0.25) is 0 Å². The largest absolute Gasteiger partial charge is 0.494 e. The van der Waals surface area contributed by atoms with E-state index in [1.54, 1.807) is 0 Å². The van der Waals surface area contributed by atoms with E-state index in [4.69, 9.17) is 9.47 Å². The second kappa shape index (κ2) is 18.6. The van der Waals surface area contributed by atoms with Crippen LogP contribution in [0.15, 0.2) is 152 Å². The molecule has 0 bridgehead atoms. The van der Waals surface area contributed by atoms with Crippen LogP contribution >= 0.6 is 0 Å². The monoisotopic (exact) mass is 640 g/mol. The summed E-state index contributed by atoms with van der Waals surface area (Å²) in [6, 6.07) is 51.9. The molecule has 248 valence electrons. The number of unbranched alkanes of at least 4 members (excludes halogenated alkanes) is 1. The molecule has 0 heterocycles. The molecular weight excluding hydrogens is 592 g/mol. The van der Waals surface area contributed by atoms with Gasteiger partial charge in [0.1, 0.15) is 11.3 Å². The van der Waals surface area contributed by atoms with E-state index in [1.165, 1.54) is 11.1 Å². The van der Waals surface area contributed by atoms with Gasteiger partial charge in [-0.1, -0.05) is 140 Å². The van der Waals surface area contributed by atoms with Gasteiger partial charge in [0.05, 0.1) is 13.2 Å². The number of rotatable bonds is 19. The maximum absolute atomic E-state index is 14.7. The van der Waals surface area contributed by atoms with Crippen LogP contribution in [0.1, 0.15) is 48.4 Å². The van der Waals surface area contributed by atoms with E-state index in [2.05, 4.69) is 107 Å². The van der Waals surface area contributed by atoms with E-state index in [0.29, 0.717) is 52.4 Å². The maximum atomic E-state index is 14.7. The highest BCUT2D eigenvalue weighted by atomic mass is 16.5. The van der Waals surface area contributed by atoms with E-state index < -0.39 is 5.54 Å². The third-order valence-electron chi connectivity index (χ3n) is 8.67. The van der Waals surface area contributed by atoms with Crippen molar-refractivity contribution in [3.05, 3.63) is 174 Å². The number of carbonyl (C=O) groups is 1. The normalized spacial score (nSPS) is 12.5. The van der Waals surface area contributed by atoms with Crippen LogP contribution in [0.3, 0.4) is 0 Å². The number of hydrogen-bond acceptors (Lipinski definition) is 5. The number of ether oxygens (including phenoxy) is 2. The fourth-order valence-corrected chi connectivity index (χ4v) is 6.31. The maximum Gasteiger partial charge on any atom is 0.327 e. The van der Waals surface area contributed by atoms with Gasteiger partial charge in [0.15, 0.2) is 0 Å². The quantitative estimate of drug-likeness (QED) is 0.0666. The number of para-hydroxylation sites is 1. The fourth-order valence-electron chi connectivity index (χ4n) is 6.31. The van der Waals surface area contributed by atoms with Gasteiger partial charge in [-0.05, 0) is 60.6 Å². The first-order valence-electron chi connectivity index (χ1n) is 17.1. The van der Waals surface area contributed by atoms with Crippen molar-refractivity contribution in [1.82, 2.24) is 9.80 Å². The molecular formula is C43H48N2O3. The molecule has 0 saturated heterocycles. The van der Waals surface area contributed by atoms with Crippen molar-refractivity contribution in [2.24, 2.45) is 0 Å². The standard InChI is InChI=1S/C43H48N2O3/c1-2-47-42(46)43(30-18-19-31-48-41-28-16-7-17-29-41,45(34-39-24-12-5-13-25-39)35-40-26-14-6-15-27-40)36-44(32-37-20-8-3-9-21-37)33-38-22-10-4-11-23-38/h3-17,20-29H,2,18-19,30-36H2,1H3. The Morgan fingerprint density at radius 2 is 0.979 bits per heavy atom. The summed E-state index contributed by atoms with van der Waals surface area (Å²) in [5.74, 6) is 0.688. The first-order chi connectivity index (χ1) is 23.6. The zero-order valence-electron chi connectivity index (χ0n) is 28.1. The van der Waals surface area contributed by atoms with Gasteiger partial charge < -0.3 is 9.47 Å². The minimum Gasteiger partial charge on any atom is -0.494 e. The topological polar surface area (TPSA) is 42.0 Å². The van der Waals surface area contributed by atoms with Crippen molar-refractivity contribution >= 4 is 5.97 Å². The van der Waals surface area contributed by atoms with Gasteiger partial charge in [-0.3, -0.25) is 9.80 Å². The zero-order valence-corrected chi connectivity index (χ0v) is 28.1. The van der Waals surface area contributed by atoms with Crippen LogP contribution in [0.5, 0.6) is 5.75 Å². The molecule has 5 rings (SSSR count). The minimum atomic E-state index is -0.933. The molecule has 0 aliphatic rings. The Kier molecular flexibility index (Phi) is 13.4. The molecule has 5 heteroatoms. The molecule has 5 nitrogen and oxygen atoms in total. The summed E-state index contributed by atoms with van der Waals surface area (Å²) in [6.07, 6.45) is 2.25. The van der Waals surface area contributed by atoms with E-state index in [-0.39, 0.29) is 5.97 Å². The molecule has 48 heavy (non-hydrogen) atoms. The van der Waals surface area contributed by atoms with Crippen LogP contribution in [0.25, 0.3) is 0 Å². The Hall–Kier alpha value is -4.71. The lowest BCUT2D eigenvalue weighted by molar-refractivity contribution is -0.162. The van der Waals surface area contributed by atoms with Gasteiger partial charge in [0.2, 0.25) is 0 Å². The van der Waals surface area contributed by atoms with Crippen molar-refractivity contribution in [2.75, 3.05) is 19.8 Å². The highest BCUT2D eigenvalue weighted by Crippen LogP contribution is 2.32. The first kappa shape index (κ1) is 34.6. The average molecular weight is 641 g/mol. The van der Waals surface area contributed by atoms with Gasteiger partial charge in [0.25, 0.3) is 0 Å². The van der Waals surface area contributed by atoms with E-state index >= 15 is 0 Å². The molecule has 1 unspecified atom stereocenters. The molecule has 0 aromatic heterocycles. The Labute approximate surface area is 286 Å². The van der Waals surface area contributed by atoms with Crippen molar-refractivity contribution < 1.29 is 14.3 Å². The SMILES string of the molecule is CCOC(=O)C(CCCCOc1ccccc1)(CN(Cc1ccccc1)Cc1ccccc1)N(Cc1ccccc1)Cc1ccccc1. The number of carbonyl (C=O) groups excluding carboxylic acids is 1. The smallest absolute Gasteiger partial charge is 0.327 e. The van der Waals surface area contributed by atoms with Gasteiger partial charge in [-0.15, -0.1) is 0 Å². The minimum absolute atomic E-state index is 0.174. The molecule has 0 spiro atoms. The molecule has 0 aliphatic heterocycles. The van der Waals surface area contributed by atoms with Crippen molar-refractivity contribution in [2.45, 2.75) is 57.9 Å². The Balaban J connectivity index is 1.53. The lowest BCUT2D eigenvalue weighted by Crippen LogP contribution is -2.60. The predicted octanol–water partition coefficient (Wildman–Crippen LogP) is 8.94. The molecule has 0 fully saturated rings. The number of benzene rings is 5. The predicted molar refractivity (Wildman–Crippen MR) is 194 cm³/mol. The summed E-state index contributed by atoms with van der Waals surface area (Å²) in [5.41, 5.74) is 3.80. The summed E-state index contributed by atoms with van der Waals surface area (Å²) < 4.78 is 12.1. The molecule has 0 saturated carbocycles. The highest BCUT2D eigenvalue weighted by Gasteiger charge is 2.46. The highest BCUT2D eigenvalue weighted by molar-refractivity contribution is 5.81. The van der Waals surface area contributed by atoms with E-state index in [0.717, 1.165) is 29.7 Å². The lowest BCUT2D eigenvalue weighted by atomic mass is 9.87. The second-order valence-corrected chi connectivity index (χ2v) is 12.3. The lowest BCUT2D eigenvalue weighted by Gasteiger charge is -2.45. The summed E-state index contributed by atoms with van der Waals surface area (Å²) in [7, 11) is 0. The second-order valence-electron chi connectivity index (χ2n) is 12.3. The fraction of sp³-hybridized carbons (Fsp3) is 0.279. The number of hydrogen-bond donors (Lipinski definition) is 0. The summed E-state index contributed by atoms with van der Waals surface area (Å²) in [5, 5.41) is 0. The van der Waals surface area contributed by atoms with Crippen LogP contribution in [-0.4, -0.2) is 41.1 Å². The number of nitrogens with zero attached hydrogens (tertiary/aromatic N) is 2. The summed E-state index contributed by atoms with van der Waals surface area (Å²) in [4.78, 5) is 19.5. The molecule has 0 N–H and O–H groups in total.